The molecule has 0 atom stereocenters. The van der Waals surface area contributed by atoms with Crippen LogP contribution in [0.5, 0.6) is 0 Å². The van der Waals surface area contributed by atoms with Gasteiger partial charge in [-0.2, -0.15) is 13.2 Å². The predicted octanol–water partition coefficient (Wildman–Crippen LogP) is 2.23. The van der Waals surface area contributed by atoms with Gasteiger partial charge in [0.05, 0.1) is 6.61 Å². The van der Waals surface area contributed by atoms with Crippen molar-refractivity contribution in [2.75, 3.05) is 13.2 Å². The molecule has 0 bridgehead atoms. The van der Waals surface area contributed by atoms with Gasteiger partial charge in [0.25, 0.3) is 0 Å². The molecule has 0 spiro atoms. The first-order valence-electron chi connectivity index (χ1n) is 4.58. The fourth-order valence-electron chi connectivity index (χ4n) is 1.01. The van der Waals surface area contributed by atoms with Crippen molar-refractivity contribution >= 4 is 5.78 Å². The summed E-state index contributed by atoms with van der Waals surface area (Å²) >= 11 is 0. The van der Waals surface area contributed by atoms with Crippen molar-refractivity contribution in [3.8, 4) is 0 Å². The SMILES string of the molecule is O=C(CCOCC(F)(F)F)c1ccccn1. The summed E-state index contributed by atoms with van der Waals surface area (Å²) in [7, 11) is 0. The standard InChI is InChI=1S/C10H10F3NO2/c11-10(12,13)7-16-6-4-9(15)8-3-1-2-5-14-8/h1-3,5H,4,6-7H2. The monoisotopic (exact) mass is 233 g/mol. The number of hydrogen-bond donors (Lipinski definition) is 0. The number of ketones is 1. The van der Waals surface area contributed by atoms with E-state index in [0.29, 0.717) is 0 Å². The minimum Gasteiger partial charge on any atom is -0.372 e. The number of carbonyl (C=O) groups excluding carboxylic acids is 1. The van der Waals surface area contributed by atoms with E-state index in [2.05, 4.69) is 9.72 Å². The number of Topliss-reactive ketones (excluding diaryl/α,β-unsaturated/α-hetero) is 1. The van der Waals surface area contributed by atoms with Crippen molar-refractivity contribution in [3.63, 3.8) is 0 Å². The number of pyridine rings is 1. The van der Waals surface area contributed by atoms with Crippen LogP contribution >= 0.6 is 0 Å². The number of hydrogen-bond acceptors (Lipinski definition) is 3. The molecule has 1 aromatic heterocycles. The van der Waals surface area contributed by atoms with Crippen molar-refractivity contribution in [2.45, 2.75) is 12.6 Å². The van der Waals surface area contributed by atoms with E-state index in [9.17, 15) is 18.0 Å². The van der Waals surface area contributed by atoms with Crippen LogP contribution in [0.15, 0.2) is 24.4 Å². The topological polar surface area (TPSA) is 39.2 Å². The highest BCUT2D eigenvalue weighted by Crippen LogP contribution is 2.14. The summed E-state index contributed by atoms with van der Waals surface area (Å²) in [5.41, 5.74) is 0.234. The molecule has 0 unspecified atom stereocenters. The molecule has 0 N–H and O–H groups in total. The first-order chi connectivity index (χ1) is 7.49. The Balaban J connectivity index is 2.27. The average molecular weight is 233 g/mol. The summed E-state index contributed by atoms with van der Waals surface area (Å²) in [6.07, 6.45) is -3.01. The van der Waals surface area contributed by atoms with Crippen molar-refractivity contribution < 1.29 is 22.7 Å². The van der Waals surface area contributed by atoms with Gasteiger partial charge >= 0.3 is 6.18 Å². The highest BCUT2D eigenvalue weighted by atomic mass is 19.4. The number of carbonyl (C=O) groups is 1. The zero-order valence-electron chi connectivity index (χ0n) is 8.33. The fourth-order valence-corrected chi connectivity index (χ4v) is 1.01. The van der Waals surface area contributed by atoms with E-state index in [4.69, 9.17) is 0 Å². The van der Waals surface area contributed by atoms with Crippen LogP contribution in [-0.4, -0.2) is 30.2 Å². The minimum atomic E-state index is -4.35. The molecule has 0 aliphatic heterocycles. The molecule has 0 amide bonds. The van der Waals surface area contributed by atoms with Crippen LogP contribution in [0.3, 0.4) is 0 Å². The van der Waals surface area contributed by atoms with E-state index in [1.165, 1.54) is 12.3 Å². The summed E-state index contributed by atoms with van der Waals surface area (Å²) < 4.78 is 39.4. The van der Waals surface area contributed by atoms with E-state index in [-0.39, 0.29) is 24.5 Å². The summed E-state index contributed by atoms with van der Waals surface area (Å²) in [5.74, 6) is -0.331. The zero-order chi connectivity index (χ0) is 12.0. The second kappa shape index (κ2) is 5.60. The van der Waals surface area contributed by atoms with Gasteiger partial charge in [-0.3, -0.25) is 9.78 Å². The number of aromatic nitrogens is 1. The second-order valence-corrected chi connectivity index (χ2v) is 3.06. The molecular formula is C10H10F3NO2. The third-order valence-corrected chi connectivity index (χ3v) is 1.69. The molecule has 0 saturated carbocycles. The molecule has 3 nitrogen and oxygen atoms in total. The highest BCUT2D eigenvalue weighted by Gasteiger charge is 2.27. The molecule has 0 aliphatic rings. The number of alkyl halides is 3. The zero-order valence-corrected chi connectivity index (χ0v) is 8.33. The largest absolute Gasteiger partial charge is 0.411 e. The van der Waals surface area contributed by atoms with E-state index < -0.39 is 12.8 Å². The van der Waals surface area contributed by atoms with Gasteiger partial charge in [0.1, 0.15) is 12.3 Å². The number of rotatable bonds is 5. The molecule has 0 fully saturated rings. The molecule has 0 aliphatic carbocycles. The number of nitrogens with zero attached hydrogens (tertiary/aromatic N) is 1. The smallest absolute Gasteiger partial charge is 0.372 e. The average Bonchev–Trinajstić information content (AvgIpc) is 2.24. The molecule has 88 valence electrons. The van der Waals surface area contributed by atoms with Crippen LogP contribution in [0.25, 0.3) is 0 Å². The number of ether oxygens (including phenoxy) is 1. The Kier molecular flexibility index (Phi) is 4.42. The Bertz CT molecular complexity index is 338. The highest BCUT2D eigenvalue weighted by molar-refractivity contribution is 5.94. The Morgan fingerprint density at radius 3 is 2.69 bits per heavy atom. The lowest BCUT2D eigenvalue weighted by atomic mass is 10.2. The Hall–Kier alpha value is -1.43. The molecule has 1 rings (SSSR count). The molecule has 0 aromatic carbocycles. The maximum atomic E-state index is 11.7. The van der Waals surface area contributed by atoms with E-state index >= 15 is 0 Å². The van der Waals surface area contributed by atoms with E-state index in [0.717, 1.165) is 0 Å². The lowest BCUT2D eigenvalue weighted by molar-refractivity contribution is -0.173. The normalized spacial score (nSPS) is 11.4. The third-order valence-electron chi connectivity index (χ3n) is 1.69. The first-order valence-corrected chi connectivity index (χ1v) is 4.58. The summed E-state index contributed by atoms with van der Waals surface area (Å²) in [6.45, 7) is -1.59. The van der Waals surface area contributed by atoms with Gasteiger partial charge < -0.3 is 4.74 Å². The van der Waals surface area contributed by atoms with Crippen molar-refractivity contribution in [3.05, 3.63) is 30.1 Å². The van der Waals surface area contributed by atoms with Gasteiger partial charge in [0.15, 0.2) is 5.78 Å². The molecule has 16 heavy (non-hydrogen) atoms. The number of halogens is 3. The molecular weight excluding hydrogens is 223 g/mol. The van der Waals surface area contributed by atoms with Gasteiger partial charge in [0.2, 0.25) is 0 Å². The van der Waals surface area contributed by atoms with Gasteiger partial charge in [-0.25, -0.2) is 0 Å². The molecule has 0 saturated heterocycles. The van der Waals surface area contributed by atoms with Crippen LogP contribution in [-0.2, 0) is 4.74 Å². The lowest BCUT2D eigenvalue weighted by Crippen LogP contribution is -2.18. The third kappa shape index (κ3) is 4.88. The van der Waals surface area contributed by atoms with Crippen molar-refractivity contribution in [1.82, 2.24) is 4.98 Å². The minimum absolute atomic E-state index is 0.104. The second-order valence-electron chi connectivity index (χ2n) is 3.06. The maximum Gasteiger partial charge on any atom is 0.411 e. The molecule has 1 aromatic rings. The van der Waals surface area contributed by atoms with Gasteiger partial charge in [-0.15, -0.1) is 0 Å². The lowest BCUT2D eigenvalue weighted by Gasteiger charge is -2.06. The summed E-state index contributed by atoms with van der Waals surface area (Å²) in [5, 5.41) is 0. The van der Waals surface area contributed by atoms with Gasteiger partial charge in [0, 0.05) is 12.6 Å². The van der Waals surface area contributed by atoms with Crippen LogP contribution in [0.4, 0.5) is 13.2 Å². The van der Waals surface area contributed by atoms with Gasteiger partial charge in [-0.1, -0.05) is 6.07 Å². The van der Waals surface area contributed by atoms with Crippen LogP contribution < -0.4 is 0 Å². The van der Waals surface area contributed by atoms with Crippen molar-refractivity contribution in [1.29, 1.82) is 0 Å². The van der Waals surface area contributed by atoms with E-state index in [1.54, 1.807) is 12.1 Å². The molecule has 0 radical (unpaired) electrons. The van der Waals surface area contributed by atoms with Crippen molar-refractivity contribution in [2.24, 2.45) is 0 Å². The maximum absolute atomic E-state index is 11.7. The van der Waals surface area contributed by atoms with Crippen LogP contribution in [0, 0.1) is 0 Å². The Morgan fingerprint density at radius 2 is 2.12 bits per heavy atom. The fraction of sp³-hybridized carbons (Fsp3) is 0.400. The quantitative estimate of drug-likeness (QED) is 0.578. The van der Waals surface area contributed by atoms with Crippen LogP contribution in [0.2, 0.25) is 0 Å². The van der Waals surface area contributed by atoms with Gasteiger partial charge in [-0.05, 0) is 12.1 Å². The Labute approximate surface area is 90.2 Å². The molecule has 1 heterocycles. The van der Waals surface area contributed by atoms with Crippen LogP contribution in [0.1, 0.15) is 16.9 Å². The predicted molar refractivity (Wildman–Crippen MR) is 50.1 cm³/mol. The molecule has 6 heteroatoms. The Morgan fingerprint density at radius 1 is 1.38 bits per heavy atom. The summed E-state index contributed by atoms with van der Waals surface area (Å²) in [6, 6.07) is 4.79. The van der Waals surface area contributed by atoms with E-state index in [1.807, 2.05) is 0 Å². The summed E-state index contributed by atoms with van der Waals surface area (Å²) in [4.78, 5) is 15.1. The first kappa shape index (κ1) is 12.6.